The maximum absolute atomic E-state index is 10.2. The SMILES string of the molecule is CCC1CCCCC1C(O)c1cnsn1. The number of rotatable bonds is 3. The van der Waals surface area contributed by atoms with Gasteiger partial charge >= 0.3 is 0 Å². The maximum Gasteiger partial charge on any atom is 0.103 e. The number of hydrogen-bond donors (Lipinski definition) is 1. The Kier molecular flexibility index (Phi) is 3.70. The van der Waals surface area contributed by atoms with Crippen LogP contribution >= 0.6 is 11.7 Å². The molecule has 0 saturated heterocycles. The van der Waals surface area contributed by atoms with Crippen LogP contribution in [0, 0.1) is 11.8 Å². The first-order chi connectivity index (χ1) is 7.33. The summed E-state index contributed by atoms with van der Waals surface area (Å²) in [6.07, 6.45) is 7.43. The Hall–Kier alpha value is -0.480. The van der Waals surface area contributed by atoms with Crippen LogP contribution in [0.4, 0.5) is 0 Å². The predicted molar refractivity (Wildman–Crippen MR) is 60.6 cm³/mol. The molecule has 1 aromatic rings. The summed E-state index contributed by atoms with van der Waals surface area (Å²) >= 11 is 1.18. The summed E-state index contributed by atoms with van der Waals surface area (Å²) < 4.78 is 8.10. The third-order valence-corrected chi connectivity index (χ3v) is 4.07. The van der Waals surface area contributed by atoms with E-state index in [-0.39, 0.29) is 0 Å². The van der Waals surface area contributed by atoms with Gasteiger partial charge in [0, 0.05) is 0 Å². The van der Waals surface area contributed by atoms with E-state index in [2.05, 4.69) is 15.7 Å². The van der Waals surface area contributed by atoms with Crippen molar-refractivity contribution in [1.29, 1.82) is 0 Å². The molecule has 0 spiro atoms. The largest absolute Gasteiger partial charge is 0.386 e. The highest BCUT2D eigenvalue weighted by molar-refractivity contribution is 6.99. The number of aliphatic hydroxyl groups excluding tert-OH is 1. The van der Waals surface area contributed by atoms with Crippen molar-refractivity contribution >= 4 is 11.7 Å². The first kappa shape index (κ1) is 11.0. The van der Waals surface area contributed by atoms with Crippen LogP contribution < -0.4 is 0 Å². The molecule has 1 fully saturated rings. The molecule has 1 aliphatic carbocycles. The van der Waals surface area contributed by atoms with E-state index in [1.165, 1.54) is 37.4 Å². The number of aromatic nitrogens is 2. The molecule has 1 N–H and O–H groups in total. The third-order valence-electron chi connectivity index (χ3n) is 3.58. The zero-order chi connectivity index (χ0) is 10.7. The zero-order valence-corrected chi connectivity index (χ0v) is 9.91. The van der Waals surface area contributed by atoms with E-state index in [0.717, 1.165) is 12.1 Å². The standard InChI is InChI=1S/C11H18N2OS/c1-2-8-5-3-4-6-9(8)11(14)10-7-12-15-13-10/h7-9,11,14H,2-6H2,1H3. The van der Waals surface area contributed by atoms with Crippen LogP contribution in [0.1, 0.15) is 50.8 Å². The third kappa shape index (κ3) is 2.37. The number of nitrogens with zero attached hydrogens (tertiary/aromatic N) is 2. The van der Waals surface area contributed by atoms with Gasteiger partial charge in [-0.1, -0.05) is 32.6 Å². The van der Waals surface area contributed by atoms with Gasteiger partial charge in [-0.15, -0.1) is 0 Å². The lowest BCUT2D eigenvalue weighted by atomic mass is 9.74. The molecular formula is C11H18N2OS. The molecule has 4 heteroatoms. The topological polar surface area (TPSA) is 46.0 Å². The van der Waals surface area contributed by atoms with E-state index in [1.54, 1.807) is 6.20 Å². The maximum atomic E-state index is 10.2. The summed E-state index contributed by atoms with van der Waals surface area (Å²) in [5, 5.41) is 10.2. The fourth-order valence-electron chi connectivity index (χ4n) is 2.68. The lowest BCUT2D eigenvalue weighted by Crippen LogP contribution is -2.25. The van der Waals surface area contributed by atoms with Gasteiger partial charge in [-0.2, -0.15) is 8.75 Å². The smallest absolute Gasteiger partial charge is 0.103 e. The van der Waals surface area contributed by atoms with E-state index in [0.29, 0.717) is 11.8 Å². The van der Waals surface area contributed by atoms with Gasteiger partial charge in [0.2, 0.25) is 0 Å². The van der Waals surface area contributed by atoms with Gasteiger partial charge in [0.05, 0.1) is 17.9 Å². The summed E-state index contributed by atoms with van der Waals surface area (Å²) in [5.74, 6) is 1.06. The number of aliphatic hydroxyl groups is 1. The molecule has 1 aliphatic rings. The van der Waals surface area contributed by atoms with Gasteiger partial charge < -0.3 is 5.11 Å². The highest BCUT2D eigenvalue weighted by Gasteiger charge is 2.31. The van der Waals surface area contributed by atoms with Crippen molar-refractivity contribution < 1.29 is 5.11 Å². The average Bonchev–Trinajstić information content (AvgIpc) is 2.81. The van der Waals surface area contributed by atoms with Crippen molar-refractivity contribution in [3.63, 3.8) is 0 Å². The molecule has 1 saturated carbocycles. The molecule has 0 amide bonds. The van der Waals surface area contributed by atoms with Crippen LogP contribution in [0.5, 0.6) is 0 Å². The van der Waals surface area contributed by atoms with Crippen molar-refractivity contribution in [2.75, 3.05) is 0 Å². The molecule has 84 valence electrons. The van der Waals surface area contributed by atoms with Gasteiger partial charge in [0.1, 0.15) is 11.8 Å². The average molecular weight is 226 g/mol. The fraction of sp³-hybridized carbons (Fsp3) is 0.818. The monoisotopic (exact) mass is 226 g/mol. The second kappa shape index (κ2) is 5.03. The molecule has 3 atom stereocenters. The lowest BCUT2D eigenvalue weighted by molar-refractivity contribution is 0.0427. The predicted octanol–water partition coefficient (Wildman–Crippen LogP) is 2.79. The molecule has 1 heterocycles. The van der Waals surface area contributed by atoms with E-state index >= 15 is 0 Å². The molecule has 3 nitrogen and oxygen atoms in total. The summed E-state index contributed by atoms with van der Waals surface area (Å²) in [4.78, 5) is 0. The van der Waals surface area contributed by atoms with Crippen LogP contribution in [0.3, 0.4) is 0 Å². The van der Waals surface area contributed by atoms with E-state index in [4.69, 9.17) is 0 Å². The van der Waals surface area contributed by atoms with Gasteiger partial charge in [-0.05, 0) is 18.3 Å². The Morgan fingerprint density at radius 3 is 3.00 bits per heavy atom. The van der Waals surface area contributed by atoms with Gasteiger partial charge in [-0.25, -0.2) is 0 Å². The Balaban J connectivity index is 2.07. The fourth-order valence-corrected chi connectivity index (χ4v) is 3.13. The minimum Gasteiger partial charge on any atom is -0.386 e. The minimum atomic E-state index is -0.394. The van der Waals surface area contributed by atoms with E-state index in [9.17, 15) is 5.11 Å². The Morgan fingerprint density at radius 1 is 1.53 bits per heavy atom. The van der Waals surface area contributed by atoms with Crippen LogP contribution in [0.15, 0.2) is 6.20 Å². The molecule has 1 aromatic heterocycles. The van der Waals surface area contributed by atoms with Crippen LogP contribution in [0.2, 0.25) is 0 Å². The molecule has 2 rings (SSSR count). The molecule has 3 unspecified atom stereocenters. The second-order valence-corrected chi connectivity index (χ2v) is 4.95. The van der Waals surface area contributed by atoms with Gasteiger partial charge in [-0.3, -0.25) is 0 Å². The quantitative estimate of drug-likeness (QED) is 0.862. The highest BCUT2D eigenvalue weighted by Crippen LogP contribution is 2.39. The Labute approximate surface area is 94.9 Å². The van der Waals surface area contributed by atoms with Crippen LogP contribution in [-0.4, -0.2) is 13.9 Å². The highest BCUT2D eigenvalue weighted by atomic mass is 32.1. The Morgan fingerprint density at radius 2 is 2.33 bits per heavy atom. The summed E-state index contributed by atoms with van der Waals surface area (Å²) in [5.41, 5.74) is 0.769. The summed E-state index contributed by atoms with van der Waals surface area (Å²) in [6.45, 7) is 2.22. The van der Waals surface area contributed by atoms with Crippen molar-refractivity contribution in [1.82, 2.24) is 8.75 Å². The molecule has 0 bridgehead atoms. The minimum absolute atomic E-state index is 0.394. The van der Waals surface area contributed by atoms with Crippen molar-refractivity contribution in [3.8, 4) is 0 Å². The lowest BCUT2D eigenvalue weighted by Gasteiger charge is -2.33. The molecule has 0 aromatic carbocycles. The van der Waals surface area contributed by atoms with Gasteiger partial charge in [0.15, 0.2) is 0 Å². The van der Waals surface area contributed by atoms with Crippen LogP contribution in [0.25, 0.3) is 0 Å². The van der Waals surface area contributed by atoms with Crippen molar-refractivity contribution in [2.45, 2.75) is 45.1 Å². The van der Waals surface area contributed by atoms with E-state index in [1.807, 2.05) is 0 Å². The summed E-state index contributed by atoms with van der Waals surface area (Å²) in [6, 6.07) is 0. The molecule has 0 radical (unpaired) electrons. The first-order valence-electron chi connectivity index (χ1n) is 5.78. The van der Waals surface area contributed by atoms with Crippen LogP contribution in [-0.2, 0) is 0 Å². The van der Waals surface area contributed by atoms with E-state index < -0.39 is 6.10 Å². The van der Waals surface area contributed by atoms with Gasteiger partial charge in [0.25, 0.3) is 0 Å². The normalized spacial score (nSPS) is 28.9. The summed E-state index contributed by atoms with van der Waals surface area (Å²) in [7, 11) is 0. The molecular weight excluding hydrogens is 208 g/mol. The first-order valence-corrected chi connectivity index (χ1v) is 6.51. The Bertz CT molecular complexity index is 289. The molecule has 15 heavy (non-hydrogen) atoms. The second-order valence-electron chi connectivity index (χ2n) is 4.39. The zero-order valence-electron chi connectivity index (χ0n) is 9.09. The molecule has 0 aliphatic heterocycles. The van der Waals surface area contributed by atoms with Crippen molar-refractivity contribution in [3.05, 3.63) is 11.9 Å². The number of hydrogen-bond acceptors (Lipinski definition) is 4. The van der Waals surface area contributed by atoms with Crippen molar-refractivity contribution in [2.24, 2.45) is 11.8 Å².